The van der Waals surface area contributed by atoms with E-state index in [1.54, 1.807) is 12.1 Å². The minimum atomic E-state index is -0.773. The Morgan fingerprint density at radius 2 is 1.56 bits per heavy atom. The third-order valence-electron chi connectivity index (χ3n) is 5.46. The Hall–Kier alpha value is -4.17. The van der Waals surface area contributed by atoms with Crippen LogP contribution in [0.2, 0.25) is 0 Å². The molecule has 1 atom stereocenters. The Morgan fingerprint density at radius 3 is 2.31 bits per heavy atom. The van der Waals surface area contributed by atoms with E-state index in [0.29, 0.717) is 30.0 Å². The maximum absolute atomic E-state index is 13.0. The van der Waals surface area contributed by atoms with Gasteiger partial charge >= 0.3 is 6.09 Å². The van der Waals surface area contributed by atoms with Gasteiger partial charge in [-0.1, -0.05) is 66.7 Å². The van der Waals surface area contributed by atoms with Gasteiger partial charge in [0.15, 0.2) is 0 Å². The van der Waals surface area contributed by atoms with Crippen molar-refractivity contribution in [2.24, 2.45) is 0 Å². The van der Waals surface area contributed by atoms with Crippen LogP contribution in [0, 0.1) is 0 Å². The number of carbonyl (C=O) groups is 3. The van der Waals surface area contributed by atoms with E-state index in [2.05, 4.69) is 16.0 Å². The van der Waals surface area contributed by atoms with Crippen LogP contribution in [0.4, 0.5) is 10.5 Å². The SMILES string of the molecule is O=C(NCCC[C@H](NC(=O)c1cc2ccccc2s1)C(=O)Nc1ccccc1)OCc1ccccc1. The summed E-state index contributed by atoms with van der Waals surface area (Å²) >= 11 is 1.38. The molecular weight excluding hydrogens is 474 g/mol. The van der Waals surface area contributed by atoms with Crippen molar-refractivity contribution in [2.45, 2.75) is 25.5 Å². The van der Waals surface area contributed by atoms with E-state index < -0.39 is 12.1 Å². The van der Waals surface area contributed by atoms with E-state index in [1.165, 1.54) is 11.3 Å². The van der Waals surface area contributed by atoms with Gasteiger partial charge in [0.2, 0.25) is 5.91 Å². The lowest BCUT2D eigenvalue weighted by atomic mass is 10.1. The summed E-state index contributed by atoms with van der Waals surface area (Å²) in [6.45, 7) is 0.488. The zero-order chi connectivity index (χ0) is 25.2. The van der Waals surface area contributed by atoms with Crippen molar-refractivity contribution in [3.05, 3.63) is 101 Å². The zero-order valence-electron chi connectivity index (χ0n) is 19.6. The Kier molecular flexibility index (Phi) is 8.67. The summed E-state index contributed by atoms with van der Waals surface area (Å²) in [5, 5.41) is 9.39. The zero-order valence-corrected chi connectivity index (χ0v) is 20.4. The van der Waals surface area contributed by atoms with Crippen molar-refractivity contribution in [3.8, 4) is 0 Å². The third-order valence-corrected chi connectivity index (χ3v) is 6.58. The fraction of sp³-hybridized carbons (Fsp3) is 0.179. The van der Waals surface area contributed by atoms with Crippen LogP contribution >= 0.6 is 11.3 Å². The van der Waals surface area contributed by atoms with Crippen LogP contribution in [0.5, 0.6) is 0 Å². The molecule has 0 radical (unpaired) electrons. The lowest BCUT2D eigenvalue weighted by Crippen LogP contribution is -2.44. The highest BCUT2D eigenvalue weighted by Crippen LogP contribution is 2.25. The lowest BCUT2D eigenvalue weighted by molar-refractivity contribution is -0.118. The normalized spacial score (nSPS) is 11.4. The molecular formula is C28H27N3O4S. The molecule has 0 saturated heterocycles. The monoisotopic (exact) mass is 501 g/mol. The molecule has 8 heteroatoms. The first-order chi connectivity index (χ1) is 17.6. The maximum atomic E-state index is 13.0. The number of carbonyl (C=O) groups excluding carboxylic acids is 3. The van der Waals surface area contributed by atoms with Crippen molar-refractivity contribution in [3.63, 3.8) is 0 Å². The van der Waals surface area contributed by atoms with Gasteiger partial charge in [-0.2, -0.15) is 0 Å². The number of hydrogen-bond acceptors (Lipinski definition) is 5. The van der Waals surface area contributed by atoms with Crippen molar-refractivity contribution in [1.29, 1.82) is 0 Å². The number of hydrogen-bond donors (Lipinski definition) is 3. The summed E-state index contributed by atoms with van der Waals surface area (Å²) in [7, 11) is 0. The summed E-state index contributed by atoms with van der Waals surface area (Å²) < 4.78 is 6.22. The predicted octanol–water partition coefficient (Wildman–Crippen LogP) is 5.35. The van der Waals surface area contributed by atoms with Crippen molar-refractivity contribution < 1.29 is 19.1 Å². The second-order valence-corrected chi connectivity index (χ2v) is 9.24. The van der Waals surface area contributed by atoms with Crippen molar-refractivity contribution in [1.82, 2.24) is 10.6 Å². The minimum absolute atomic E-state index is 0.181. The van der Waals surface area contributed by atoms with Crippen molar-refractivity contribution in [2.75, 3.05) is 11.9 Å². The second kappa shape index (κ2) is 12.5. The Balaban J connectivity index is 1.32. The number of ether oxygens (including phenoxy) is 1. The molecule has 1 heterocycles. The first kappa shape index (κ1) is 24.9. The first-order valence-electron chi connectivity index (χ1n) is 11.7. The highest BCUT2D eigenvalue weighted by atomic mass is 32.1. The average Bonchev–Trinajstić information content (AvgIpc) is 3.35. The van der Waals surface area contributed by atoms with Crippen LogP contribution in [0.15, 0.2) is 91.0 Å². The van der Waals surface area contributed by atoms with E-state index in [9.17, 15) is 14.4 Å². The first-order valence-corrected chi connectivity index (χ1v) is 12.5. The molecule has 0 aliphatic rings. The number of benzene rings is 3. The molecule has 4 rings (SSSR count). The van der Waals surface area contributed by atoms with Gasteiger partial charge in [0.05, 0.1) is 4.88 Å². The maximum Gasteiger partial charge on any atom is 0.407 e. The van der Waals surface area contributed by atoms with Crippen LogP contribution < -0.4 is 16.0 Å². The Labute approximate surface area is 213 Å². The Morgan fingerprint density at radius 1 is 0.861 bits per heavy atom. The summed E-state index contributed by atoms with van der Waals surface area (Å²) in [5.74, 6) is -0.623. The fourth-order valence-electron chi connectivity index (χ4n) is 3.61. The van der Waals surface area contributed by atoms with E-state index in [-0.39, 0.29) is 18.4 Å². The van der Waals surface area contributed by atoms with Crippen LogP contribution in [0.3, 0.4) is 0 Å². The van der Waals surface area contributed by atoms with Crippen LogP contribution in [0.25, 0.3) is 10.1 Å². The van der Waals surface area contributed by atoms with Gasteiger partial charge in [-0.3, -0.25) is 9.59 Å². The quantitative estimate of drug-likeness (QED) is 0.255. The number of para-hydroxylation sites is 1. The summed E-state index contributed by atoms with van der Waals surface area (Å²) in [4.78, 5) is 38.5. The van der Waals surface area contributed by atoms with Crippen molar-refractivity contribution >= 4 is 45.0 Å². The molecule has 4 aromatic rings. The molecule has 184 valence electrons. The van der Waals surface area contributed by atoms with Gasteiger partial charge in [-0.05, 0) is 48.1 Å². The van der Waals surface area contributed by atoms with E-state index in [1.807, 2.05) is 78.9 Å². The van der Waals surface area contributed by atoms with Crippen LogP contribution in [0.1, 0.15) is 28.1 Å². The largest absolute Gasteiger partial charge is 0.445 e. The number of thiophene rings is 1. The molecule has 0 unspecified atom stereocenters. The molecule has 0 saturated carbocycles. The van der Waals surface area contributed by atoms with E-state index >= 15 is 0 Å². The number of amides is 3. The summed E-state index contributed by atoms with van der Waals surface area (Å²) in [5.41, 5.74) is 1.54. The Bertz CT molecular complexity index is 1280. The molecule has 36 heavy (non-hydrogen) atoms. The predicted molar refractivity (Wildman–Crippen MR) is 142 cm³/mol. The number of alkyl carbamates (subject to hydrolysis) is 1. The summed E-state index contributed by atoms with van der Waals surface area (Å²) in [6.07, 6.45) is 0.285. The van der Waals surface area contributed by atoms with E-state index in [0.717, 1.165) is 15.6 Å². The molecule has 7 nitrogen and oxygen atoms in total. The molecule has 0 aliphatic heterocycles. The smallest absolute Gasteiger partial charge is 0.407 e. The lowest BCUT2D eigenvalue weighted by Gasteiger charge is -2.18. The number of nitrogens with one attached hydrogen (secondary N) is 3. The van der Waals surface area contributed by atoms with Gasteiger partial charge in [0.1, 0.15) is 12.6 Å². The van der Waals surface area contributed by atoms with Crippen LogP contribution in [-0.4, -0.2) is 30.5 Å². The number of rotatable bonds is 10. The summed E-state index contributed by atoms with van der Waals surface area (Å²) in [6, 6.07) is 27.3. The highest BCUT2D eigenvalue weighted by Gasteiger charge is 2.22. The standard InChI is InChI=1S/C28H27N3O4S/c32-26(30-22-13-5-2-6-14-22)23(31-27(33)25-18-21-12-7-8-16-24(21)36-25)15-9-17-29-28(34)35-19-20-10-3-1-4-11-20/h1-8,10-14,16,18,23H,9,15,17,19H2,(H,29,34)(H,30,32)(H,31,33)/t23-/m0/s1. The van der Waals surface area contributed by atoms with Gasteiger partial charge in [0.25, 0.3) is 5.91 Å². The average molecular weight is 502 g/mol. The van der Waals surface area contributed by atoms with Gasteiger partial charge < -0.3 is 20.7 Å². The van der Waals surface area contributed by atoms with E-state index in [4.69, 9.17) is 4.74 Å². The molecule has 3 aromatic carbocycles. The van der Waals surface area contributed by atoms with Gasteiger partial charge in [-0.25, -0.2) is 4.79 Å². The third kappa shape index (κ3) is 7.16. The number of anilines is 1. The molecule has 0 aliphatic carbocycles. The topological polar surface area (TPSA) is 96.5 Å². The molecule has 1 aromatic heterocycles. The van der Waals surface area contributed by atoms with Crippen LogP contribution in [-0.2, 0) is 16.1 Å². The van der Waals surface area contributed by atoms with Gasteiger partial charge in [0, 0.05) is 16.9 Å². The molecule has 0 fully saturated rings. The second-order valence-electron chi connectivity index (χ2n) is 8.16. The fourth-order valence-corrected chi connectivity index (χ4v) is 4.58. The molecule has 3 amide bonds. The highest BCUT2D eigenvalue weighted by molar-refractivity contribution is 7.20. The molecule has 3 N–H and O–H groups in total. The molecule has 0 spiro atoms. The molecule has 0 bridgehead atoms. The number of fused-ring (bicyclic) bond motifs is 1. The minimum Gasteiger partial charge on any atom is -0.445 e. The van der Waals surface area contributed by atoms with Gasteiger partial charge in [-0.15, -0.1) is 11.3 Å².